The molecule has 0 saturated heterocycles. The largest absolute Gasteiger partial charge is 0.278 e. The molecule has 2 aromatic carbocycles. The molecule has 0 atom stereocenters. The van der Waals surface area contributed by atoms with Crippen molar-refractivity contribution < 1.29 is 0 Å². The number of rotatable bonds is 3. The normalized spacial score (nSPS) is 10.7. The van der Waals surface area contributed by atoms with Crippen molar-refractivity contribution in [2.75, 3.05) is 0 Å². The molecule has 2 heterocycles. The Labute approximate surface area is 147 Å². The van der Waals surface area contributed by atoms with Gasteiger partial charge in [0.25, 0.3) is 5.56 Å². The van der Waals surface area contributed by atoms with E-state index in [1.807, 2.05) is 42.5 Å². The van der Waals surface area contributed by atoms with E-state index in [1.54, 1.807) is 18.2 Å². The van der Waals surface area contributed by atoms with Gasteiger partial charge in [-0.1, -0.05) is 47.7 Å². The van der Waals surface area contributed by atoms with E-state index in [-0.39, 0.29) is 12.1 Å². The SMILES string of the molecule is N#Cc1cccc(Cn2nnc3sc(-c4ccccc4)cc3c2=O)c1. The first kappa shape index (κ1) is 15.2. The fourth-order valence-electron chi connectivity index (χ4n) is 2.64. The Morgan fingerprint density at radius 2 is 1.92 bits per heavy atom. The maximum atomic E-state index is 12.7. The summed E-state index contributed by atoms with van der Waals surface area (Å²) in [7, 11) is 0. The number of fused-ring (bicyclic) bond motifs is 1. The second-order valence-corrected chi connectivity index (χ2v) is 6.59. The number of benzene rings is 2. The molecule has 4 aromatic rings. The van der Waals surface area contributed by atoms with Crippen molar-refractivity contribution in [1.82, 2.24) is 15.0 Å². The molecule has 2 aromatic heterocycles. The molecular weight excluding hydrogens is 332 g/mol. The molecule has 4 rings (SSSR count). The number of thiophene rings is 1. The molecule has 0 amide bonds. The van der Waals surface area contributed by atoms with Crippen molar-refractivity contribution in [3.05, 3.63) is 82.1 Å². The van der Waals surface area contributed by atoms with Crippen molar-refractivity contribution >= 4 is 21.6 Å². The minimum Gasteiger partial charge on any atom is -0.267 e. The van der Waals surface area contributed by atoms with Gasteiger partial charge >= 0.3 is 0 Å². The molecule has 6 heteroatoms. The van der Waals surface area contributed by atoms with E-state index in [0.29, 0.717) is 15.8 Å². The summed E-state index contributed by atoms with van der Waals surface area (Å²) in [6.07, 6.45) is 0. The first-order valence-corrected chi connectivity index (χ1v) is 8.48. The van der Waals surface area contributed by atoms with Crippen molar-refractivity contribution in [2.24, 2.45) is 0 Å². The van der Waals surface area contributed by atoms with Gasteiger partial charge < -0.3 is 0 Å². The smallest absolute Gasteiger partial charge is 0.267 e. The Balaban J connectivity index is 1.75. The molecule has 0 aliphatic rings. The molecule has 0 saturated carbocycles. The van der Waals surface area contributed by atoms with Gasteiger partial charge in [0, 0.05) is 4.88 Å². The van der Waals surface area contributed by atoms with Crippen LogP contribution in [0.15, 0.2) is 65.5 Å². The van der Waals surface area contributed by atoms with Crippen LogP contribution in [-0.4, -0.2) is 15.0 Å². The summed E-state index contributed by atoms with van der Waals surface area (Å²) in [5.41, 5.74) is 2.28. The van der Waals surface area contributed by atoms with Gasteiger partial charge in [0.1, 0.15) is 0 Å². The van der Waals surface area contributed by atoms with Crippen LogP contribution in [0.1, 0.15) is 11.1 Å². The Bertz CT molecular complexity index is 1160. The number of aromatic nitrogens is 3. The third kappa shape index (κ3) is 2.93. The third-order valence-electron chi connectivity index (χ3n) is 3.87. The summed E-state index contributed by atoms with van der Waals surface area (Å²) < 4.78 is 1.33. The molecule has 0 unspecified atom stereocenters. The van der Waals surface area contributed by atoms with Gasteiger partial charge in [0.05, 0.1) is 23.6 Å². The zero-order valence-electron chi connectivity index (χ0n) is 13.1. The lowest BCUT2D eigenvalue weighted by Crippen LogP contribution is -2.24. The zero-order chi connectivity index (χ0) is 17.2. The molecule has 0 bridgehead atoms. The predicted molar refractivity (Wildman–Crippen MR) is 97.4 cm³/mol. The van der Waals surface area contributed by atoms with E-state index < -0.39 is 0 Å². The molecule has 0 N–H and O–H groups in total. The van der Waals surface area contributed by atoms with Gasteiger partial charge in [-0.25, -0.2) is 4.68 Å². The topological polar surface area (TPSA) is 71.6 Å². The van der Waals surface area contributed by atoms with Crippen LogP contribution in [0, 0.1) is 11.3 Å². The van der Waals surface area contributed by atoms with Crippen LogP contribution in [-0.2, 0) is 6.54 Å². The maximum absolute atomic E-state index is 12.7. The van der Waals surface area contributed by atoms with Crippen LogP contribution in [0.5, 0.6) is 0 Å². The van der Waals surface area contributed by atoms with E-state index >= 15 is 0 Å². The first-order valence-electron chi connectivity index (χ1n) is 7.66. The molecule has 0 aliphatic carbocycles. The highest BCUT2D eigenvalue weighted by Gasteiger charge is 2.11. The lowest BCUT2D eigenvalue weighted by molar-refractivity contribution is 0.602. The third-order valence-corrected chi connectivity index (χ3v) is 4.94. The molecule has 0 fully saturated rings. The Morgan fingerprint density at radius 3 is 2.72 bits per heavy atom. The van der Waals surface area contributed by atoms with Gasteiger partial charge in [-0.3, -0.25) is 4.79 Å². The lowest BCUT2D eigenvalue weighted by atomic mass is 10.1. The Kier molecular flexibility index (Phi) is 3.84. The Hall–Kier alpha value is -3.30. The average molecular weight is 344 g/mol. The number of hydrogen-bond acceptors (Lipinski definition) is 5. The maximum Gasteiger partial charge on any atom is 0.278 e. The van der Waals surface area contributed by atoms with Crippen LogP contribution in [0.25, 0.3) is 20.7 Å². The predicted octanol–water partition coefficient (Wildman–Crippen LogP) is 3.44. The van der Waals surface area contributed by atoms with Crippen molar-refractivity contribution in [1.29, 1.82) is 5.26 Å². The molecule has 0 spiro atoms. The van der Waals surface area contributed by atoms with Crippen molar-refractivity contribution in [2.45, 2.75) is 6.54 Å². The zero-order valence-corrected chi connectivity index (χ0v) is 13.9. The van der Waals surface area contributed by atoms with Crippen LogP contribution in [0.3, 0.4) is 0 Å². The molecule has 0 aliphatic heterocycles. The van der Waals surface area contributed by atoms with Crippen LogP contribution in [0.2, 0.25) is 0 Å². The van der Waals surface area contributed by atoms with E-state index in [4.69, 9.17) is 5.26 Å². The summed E-state index contributed by atoms with van der Waals surface area (Å²) in [6, 6.07) is 21.0. The second-order valence-electron chi connectivity index (χ2n) is 5.56. The van der Waals surface area contributed by atoms with E-state index in [1.165, 1.54) is 16.0 Å². The van der Waals surface area contributed by atoms with Gasteiger partial charge in [-0.05, 0) is 29.3 Å². The van der Waals surface area contributed by atoms with E-state index in [0.717, 1.165) is 16.0 Å². The minimum absolute atomic E-state index is 0.175. The number of hydrogen-bond donors (Lipinski definition) is 0. The average Bonchev–Trinajstić information content (AvgIpc) is 3.10. The summed E-state index contributed by atoms with van der Waals surface area (Å²) in [5, 5.41) is 17.8. The highest BCUT2D eigenvalue weighted by Crippen LogP contribution is 2.30. The standard InChI is InChI=1S/C19H12N4OS/c20-11-13-5-4-6-14(9-13)12-23-19(24)16-10-17(25-18(16)21-22-23)15-7-2-1-3-8-15/h1-10H,12H2. The van der Waals surface area contributed by atoms with Crippen LogP contribution < -0.4 is 5.56 Å². The van der Waals surface area contributed by atoms with Crippen molar-refractivity contribution in [3.8, 4) is 16.5 Å². The van der Waals surface area contributed by atoms with Gasteiger partial charge in [-0.15, -0.1) is 16.4 Å². The first-order chi connectivity index (χ1) is 12.2. The highest BCUT2D eigenvalue weighted by molar-refractivity contribution is 7.21. The second kappa shape index (κ2) is 6.30. The monoisotopic (exact) mass is 344 g/mol. The summed E-state index contributed by atoms with van der Waals surface area (Å²) in [5.74, 6) is 0. The van der Waals surface area contributed by atoms with Gasteiger partial charge in [-0.2, -0.15) is 5.26 Å². The fraction of sp³-hybridized carbons (Fsp3) is 0.0526. The lowest BCUT2D eigenvalue weighted by Gasteiger charge is -2.03. The van der Waals surface area contributed by atoms with Crippen LogP contribution in [0.4, 0.5) is 0 Å². The summed E-state index contributed by atoms with van der Waals surface area (Å²) >= 11 is 1.46. The Morgan fingerprint density at radius 1 is 1.08 bits per heavy atom. The molecule has 120 valence electrons. The van der Waals surface area contributed by atoms with Crippen molar-refractivity contribution in [3.63, 3.8) is 0 Å². The van der Waals surface area contributed by atoms with Crippen LogP contribution >= 0.6 is 11.3 Å². The number of nitrogens with zero attached hydrogens (tertiary/aromatic N) is 4. The molecule has 0 radical (unpaired) electrons. The molecule has 25 heavy (non-hydrogen) atoms. The molecule has 5 nitrogen and oxygen atoms in total. The summed E-state index contributed by atoms with van der Waals surface area (Å²) in [6.45, 7) is 0.286. The van der Waals surface area contributed by atoms with E-state index in [9.17, 15) is 4.79 Å². The molecular formula is C19H12N4OS. The quantitative estimate of drug-likeness (QED) is 0.571. The number of nitriles is 1. The fourth-order valence-corrected chi connectivity index (χ4v) is 3.62. The minimum atomic E-state index is -0.175. The van der Waals surface area contributed by atoms with E-state index in [2.05, 4.69) is 16.4 Å². The van der Waals surface area contributed by atoms with Gasteiger partial charge in [0.2, 0.25) is 0 Å². The van der Waals surface area contributed by atoms with Gasteiger partial charge in [0.15, 0.2) is 4.83 Å². The highest BCUT2D eigenvalue weighted by atomic mass is 32.1. The summed E-state index contributed by atoms with van der Waals surface area (Å²) in [4.78, 5) is 14.4.